The molecule has 12 heavy (non-hydrogen) atoms. The highest BCUT2D eigenvalue weighted by atomic mass is 32.2. The predicted molar refractivity (Wildman–Crippen MR) is 46.1 cm³/mol. The van der Waals surface area contributed by atoms with Crippen LogP contribution in [0.25, 0.3) is 0 Å². The van der Waals surface area contributed by atoms with Gasteiger partial charge in [-0.1, -0.05) is 11.8 Å². The van der Waals surface area contributed by atoms with E-state index < -0.39 is 0 Å². The van der Waals surface area contributed by atoms with Gasteiger partial charge in [-0.15, -0.1) is 0 Å². The van der Waals surface area contributed by atoms with Crippen molar-refractivity contribution in [1.29, 1.82) is 0 Å². The van der Waals surface area contributed by atoms with Crippen LogP contribution in [0.4, 0.5) is 0 Å². The van der Waals surface area contributed by atoms with E-state index in [1.807, 2.05) is 7.05 Å². The molecule has 0 spiro atoms. The summed E-state index contributed by atoms with van der Waals surface area (Å²) in [5, 5.41) is 4.93. The lowest BCUT2D eigenvalue weighted by Gasteiger charge is -2.02. The lowest BCUT2D eigenvalue weighted by atomic mass is 10.3. The smallest absolute Gasteiger partial charge is 0.185 e. The van der Waals surface area contributed by atoms with Crippen LogP contribution in [0.5, 0.6) is 0 Å². The Bertz CT molecular complexity index is 282. The van der Waals surface area contributed by atoms with Gasteiger partial charge in [0.05, 0.1) is 12.2 Å². The Balaban J connectivity index is 1.91. The highest BCUT2D eigenvalue weighted by Crippen LogP contribution is 2.32. The third-order valence-electron chi connectivity index (χ3n) is 1.81. The molecule has 66 valence electrons. The zero-order valence-electron chi connectivity index (χ0n) is 7.15. The summed E-state index contributed by atoms with van der Waals surface area (Å²) in [4.78, 5) is 4.11. The maximum atomic E-state index is 5.26. The van der Waals surface area contributed by atoms with Crippen LogP contribution < -0.4 is 0 Å². The second-order valence-corrected chi connectivity index (χ2v) is 4.14. The summed E-state index contributed by atoms with van der Waals surface area (Å²) in [5.74, 6) is 0.958. The normalized spacial score (nSPS) is 27.5. The van der Waals surface area contributed by atoms with E-state index in [9.17, 15) is 0 Å². The maximum absolute atomic E-state index is 5.26. The van der Waals surface area contributed by atoms with Crippen LogP contribution in [-0.4, -0.2) is 32.7 Å². The van der Waals surface area contributed by atoms with Gasteiger partial charge in [0.15, 0.2) is 5.16 Å². The molecular formula is C7H11N3OS. The van der Waals surface area contributed by atoms with Crippen molar-refractivity contribution in [2.75, 3.05) is 12.4 Å². The first-order valence-electron chi connectivity index (χ1n) is 3.80. The molecule has 0 N–H and O–H groups in total. The topological polar surface area (TPSA) is 43.2 Å². The Labute approximate surface area is 75.3 Å². The molecule has 0 amide bonds. The van der Waals surface area contributed by atoms with Gasteiger partial charge in [0.1, 0.15) is 6.33 Å². The molecule has 1 atom stereocenters. The van der Waals surface area contributed by atoms with Crippen molar-refractivity contribution in [1.82, 2.24) is 14.8 Å². The second-order valence-electron chi connectivity index (χ2n) is 3.19. The number of nitrogens with zero attached hydrogens (tertiary/aromatic N) is 3. The van der Waals surface area contributed by atoms with Crippen LogP contribution in [0.1, 0.15) is 6.92 Å². The molecule has 1 fully saturated rings. The minimum absolute atomic E-state index is 0.0939. The van der Waals surface area contributed by atoms with E-state index in [0.717, 1.165) is 17.5 Å². The summed E-state index contributed by atoms with van der Waals surface area (Å²) in [6.07, 6.45) is 1.57. The van der Waals surface area contributed by atoms with Crippen LogP contribution in [0.2, 0.25) is 0 Å². The fourth-order valence-electron chi connectivity index (χ4n) is 0.840. The van der Waals surface area contributed by atoms with Gasteiger partial charge in [-0.2, -0.15) is 5.10 Å². The molecule has 4 nitrogen and oxygen atoms in total. The Morgan fingerprint density at radius 2 is 2.58 bits per heavy atom. The van der Waals surface area contributed by atoms with E-state index in [4.69, 9.17) is 4.74 Å². The second kappa shape index (κ2) is 2.74. The number of aromatic nitrogens is 3. The van der Waals surface area contributed by atoms with E-state index in [1.165, 1.54) is 0 Å². The van der Waals surface area contributed by atoms with Crippen molar-refractivity contribution in [2.45, 2.75) is 17.7 Å². The molecule has 0 aromatic carbocycles. The monoisotopic (exact) mass is 185 g/mol. The SMILES string of the molecule is Cn1ncnc1SCC1(C)CO1. The largest absolute Gasteiger partial charge is 0.369 e. The summed E-state index contributed by atoms with van der Waals surface area (Å²) in [7, 11) is 1.89. The molecule has 1 unspecified atom stereocenters. The van der Waals surface area contributed by atoms with Gasteiger partial charge in [-0.25, -0.2) is 9.67 Å². The summed E-state index contributed by atoms with van der Waals surface area (Å²) >= 11 is 1.69. The number of epoxide rings is 1. The quantitative estimate of drug-likeness (QED) is 0.513. The van der Waals surface area contributed by atoms with Gasteiger partial charge in [0.2, 0.25) is 0 Å². The molecule has 0 aliphatic carbocycles. The first-order chi connectivity index (χ1) is 5.70. The van der Waals surface area contributed by atoms with Crippen molar-refractivity contribution in [3.63, 3.8) is 0 Å². The number of thioether (sulfide) groups is 1. The Hall–Kier alpha value is -0.550. The summed E-state index contributed by atoms with van der Waals surface area (Å²) in [6.45, 7) is 2.98. The fourth-order valence-corrected chi connectivity index (χ4v) is 1.80. The highest BCUT2D eigenvalue weighted by Gasteiger charge is 2.39. The molecule has 0 saturated carbocycles. The number of aryl methyl sites for hydroxylation is 1. The van der Waals surface area contributed by atoms with Gasteiger partial charge >= 0.3 is 0 Å². The molecule has 0 radical (unpaired) electrons. The van der Waals surface area contributed by atoms with Gasteiger partial charge in [-0.05, 0) is 6.92 Å². The van der Waals surface area contributed by atoms with Crippen LogP contribution in [0.3, 0.4) is 0 Å². The molecule has 1 saturated heterocycles. The van der Waals surface area contributed by atoms with Gasteiger partial charge in [0.25, 0.3) is 0 Å². The van der Waals surface area contributed by atoms with Crippen molar-refractivity contribution >= 4 is 11.8 Å². The minimum Gasteiger partial charge on any atom is -0.369 e. The first kappa shape index (κ1) is 8.07. The van der Waals surface area contributed by atoms with Crippen molar-refractivity contribution in [2.24, 2.45) is 7.05 Å². The van der Waals surface area contributed by atoms with Crippen molar-refractivity contribution in [3.8, 4) is 0 Å². The standard InChI is InChI=1S/C7H11N3OS/c1-7(3-11-7)4-12-6-8-5-9-10(6)2/h5H,3-4H2,1-2H3. The van der Waals surface area contributed by atoms with Gasteiger partial charge in [-0.3, -0.25) is 0 Å². The van der Waals surface area contributed by atoms with E-state index in [2.05, 4.69) is 17.0 Å². The summed E-state index contributed by atoms with van der Waals surface area (Å²) < 4.78 is 7.03. The average molecular weight is 185 g/mol. The number of rotatable bonds is 3. The van der Waals surface area contributed by atoms with Crippen molar-refractivity contribution < 1.29 is 4.74 Å². The van der Waals surface area contributed by atoms with Crippen LogP contribution in [0, 0.1) is 0 Å². The van der Waals surface area contributed by atoms with Crippen LogP contribution >= 0.6 is 11.8 Å². The van der Waals surface area contributed by atoms with Crippen molar-refractivity contribution in [3.05, 3.63) is 6.33 Å². The molecule has 1 aromatic rings. The minimum atomic E-state index is 0.0939. The predicted octanol–water partition coefficient (Wildman–Crippen LogP) is 0.696. The lowest BCUT2D eigenvalue weighted by molar-refractivity contribution is 0.348. The summed E-state index contributed by atoms with van der Waals surface area (Å²) in [5.41, 5.74) is 0.0939. The average Bonchev–Trinajstić information content (AvgIpc) is 2.61. The molecule has 2 heterocycles. The molecule has 0 bridgehead atoms. The van der Waals surface area contributed by atoms with Crippen LogP contribution in [-0.2, 0) is 11.8 Å². The number of hydrogen-bond donors (Lipinski definition) is 0. The van der Waals surface area contributed by atoms with Crippen LogP contribution in [0.15, 0.2) is 11.5 Å². The molecule has 5 heteroatoms. The van der Waals surface area contributed by atoms with E-state index in [1.54, 1.807) is 22.8 Å². The Kier molecular flexibility index (Phi) is 1.84. The molecular weight excluding hydrogens is 174 g/mol. The summed E-state index contributed by atoms with van der Waals surface area (Å²) in [6, 6.07) is 0. The van der Waals surface area contributed by atoms with E-state index in [-0.39, 0.29) is 5.60 Å². The third kappa shape index (κ3) is 1.61. The lowest BCUT2D eigenvalue weighted by Crippen LogP contribution is -2.08. The number of ether oxygens (including phenoxy) is 1. The van der Waals surface area contributed by atoms with E-state index in [0.29, 0.717) is 0 Å². The maximum Gasteiger partial charge on any atom is 0.185 e. The first-order valence-corrected chi connectivity index (χ1v) is 4.79. The zero-order chi connectivity index (χ0) is 8.60. The Morgan fingerprint density at radius 3 is 3.08 bits per heavy atom. The van der Waals surface area contributed by atoms with Gasteiger partial charge in [0, 0.05) is 12.8 Å². The van der Waals surface area contributed by atoms with Gasteiger partial charge < -0.3 is 4.74 Å². The molecule has 1 aromatic heterocycles. The molecule has 2 rings (SSSR count). The number of hydrogen-bond acceptors (Lipinski definition) is 4. The zero-order valence-corrected chi connectivity index (χ0v) is 7.97. The van der Waals surface area contributed by atoms with E-state index >= 15 is 0 Å². The molecule has 1 aliphatic rings. The highest BCUT2D eigenvalue weighted by molar-refractivity contribution is 7.99. The Morgan fingerprint density at radius 1 is 1.83 bits per heavy atom. The fraction of sp³-hybridized carbons (Fsp3) is 0.714. The molecule has 1 aliphatic heterocycles. The third-order valence-corrected chi connectivity index (χ3v) is 3.20.